The van der Waals surface area contributed by atoms with Crippen molar-refractivity contribution in [3.63, 3.8) is 0 Å². The Bertz CT molecular complexity index is 442. The summed E-state index contributed by atoms with van der Waals surface area (Å²) in [5.41, 5.74) is 2.55. The van der Waals surface area contributed by atoms with Gasteiger partial charge in [0.15, 0.2) is 0 Å². The molecule has 0 bridgehead atoms. The number of aliphatic hydroxyl groups excluding tert-OH is 1. The predicted octanol–water partition coefficient (Wildman–Crippen LogP) is 2.85. The summed E-state index contributed by atoms with van der Waals surface area (Å²) in [6.07, 6.45) is 1.03. The average molecular weight is 263 g/mol. The molecule has 19 heavy (non-hydrogen) atoms. The number of anilines is 1. The fourth-order valence-electron chi connectivity index (χ4n) is 2.99. The second-order valence-corrected chi connectivity index (χ2v) is 6.25. The van der Waals surface area contributed by atoms with Gasteiger partial charge in [0, 0.05) is 19.7 Å². The molecule has 0 amide bonds. The van der Waals surface area contributed by atoms with Crippen LogP contribution in [0, 0.1) is 18.3 Å². The molecule has 1 aliphatic heterocycles. The van der Waals surface area contributed by atoms with Gasteiger partial charge < -0.3 is 14.7 Å². The molecule has 1 N–H and O–H groups in total. The Hall–Kier alpha value is -1.22. The van der Waals surface area contributed by atoms with Gasteiger partial charge in [-0.2, -0.15) is 0 Å². The van der Waals surface area contributed by atoms with Gasteiger partial charge in [-0.05, 0) is 42.4 Å². The van der Waals surface area contributed by atoms with Crippen molar-refractivity contribution in [1.82, 2.24) is 0 Å². The average Bonchev–Trinajstić information content (AvgIpc) is 2.37. The molecule has 0 spiro atoms. The molecule has 1 heterocycles. The van der Waals surface area contributed by atoms with Gasteiger partial charge in [-0.1, -0.05) is 19.9 Å². The standard InChI is InChI=1S/C16H25NO2/c1-12-5-6-15(19-4)14(9-12)17-8-7-13(10-18)16(2,3)11-17/h5-6,9,13,18H,7-8,10-11H2,1-4H3. The van der Waals surface area contributed by atoms with E-state index in [-0.39, 0.29) is 12.0 Å². The molecule has 106 valence electrons. The highest BCUT2D eigenvalue weighted by Gasteiger charge is 2.36. The molecule has 3 nitrogen and oxygen atoms in total. The monoisotopic (exact) mass is 263 g/mol. The number of aliphatic hydroxyl groups is 1. The Balaban J connectivity index is 2.26. The van der Waals surface area contributed by atoms with Crippen LogP contribution >= 0.6 is 0 Å². The van der Waals surface area contributed by atoms with Crippen LogP contribution in [0.5, 0.6) is 5.75 Å². The van der Waals surface area contributed by atoms with Gasteiger partial charge in [-0.25, -0.2) is 0 Å². The third kappa shape index (κ3) is 2.86. The molecule has 1 aromatic rings. The molecule has 0 radical (unpaired) electrons. The quantitative estimate of drug-likeness (QED) is 0.910. The van der Waals surface area contributed by atoms with Gasteiger partial charge in [-0.15, -0.1) is 0 Å². The minimum atomic E-state index is 0.127. The molecule has 1 fully saturated rings. The zero-order chi connectivity index (χ0) is 14.0. The van der Waals surface area contributed by atoms with Crippen LogP contribution in [-0.4, -0.2) is 31.9 Å². The van der Waals surface area contributed by atoms with Crippen LogP contribution in [0.2, 0.25) is 0 Å². The highest BCUT2D eigenvalue weighted by atomic mass is 16.5. The van der Waals surface area contributed by atoms with Crippen LogP contribution in [0.3, 0.4) is 0 Å². The third-order valence-electron chi connectivity index (χ3n) is 4.35. The Morgan fingerprint density at radius 1 is 1.42 bits per heavy atom. The summed E-state index contributed by atoms with van der Waals surface area (Å²) in [6, 6.07) is 6.30. The lowest BCUT2D eigenvalue weighted by molar-refractivity contribution is 0.0971. The molecule has 2 rings (SSSR count). The minimum Gasteiger partial charge on any atom is -0.495 e. The van der Waals surface area contributed by atoms with Crippen molar-refractivity contribution in [2.24, 2.45) is 11.3 Å². The molecule has 1 aliphatic rings. The van der Waals surface area contributed by atoms with E-state index in [1.807, 2.05) is 6.07 Å². The Kier molecular flexibility index (Phi) is 4.04. The fraction of sp³-hybridized carbons (Fsp3) is 0.625. The molecule has 0 aromatic heterocycles. The van der Waals surface area contributed by atoms with Crippen LogP contribution in [0.4, 0.5) is 5.69 Å². The van der Waals surface area contributed by atoms with Crippen molar-refractivity contribution in [1.29, 1.82) is 0 Å². The van der Waals surface area contributed by atoms with Crippen LogP contribution in [0.15, 0.2) is 18.2 Å². The Morgan fingerprint density at radius 3 is 2.74 bits per heavy atom. The summed E-state index contributed by atoms with van der Waals surface area (Å²) in [5.74, 6) is 1.32. The highest BCUT2D eigenvalue weighted by molar-refractivity contribution is 5.60. The number of hydrogen-bond acceptors (Lipinski definition) is 3. The smallest absolute Gasteiger partial charge is 0.142 e. The lowest BCUT2D eigenvalue weighted by atomic mass is 9.74. The highest BCUT2D eigenvalue weighted by Crippen LogP contribution is 2.39. The first-order valence-corrected chi connectivity index (χ1v) is 6.98. The summed E-state index contributed by atoms with van der Waals surface area (Å²) >= 11 is 0. The van der Waals surface area contributed by atoms with Crippen LogP contribution in [0.1, 0.15) is 25.8 Å². The molecular formula is C16H25NO2. The number of aryl methyl sites for hydroxylation is 1. The Labute approximate surface area is 116 Å². The number of benzene rings is 1. The van der Waals surface area contributed by atoms with E-state index in [9.17, 15) is 5.11 Å². The number of nitrogens with zero attached hydrogens (tertiary/aromatic N) is 1. The van der Waals surface area contributed by atoms with Gasteiger partial charge in [0.05, 0.1) is 12.8 Å². The first-order chi connectivity index (χ1) is 8.97. The maximum Gasteiger partial charge on any atom is 0.142 e. The van der Waals surface area contributed by atoms with E-state index < -0.39 is 0 Å². The largest absolute Gasteiger partial charge is 0.495 e. The van der Waals surface area contributed by atoms with E-state index in [2.05, 4.69) is 37.8 Å². The Morgan fingerprint density at radius 2 is 2.16 bits per heavy atom. The molecule has 1 saturated heterocycles. The minimum absolute atomic E-state index is 0.127. The van der Waals surface area contributed by atoms with E-state index >= 15 is 0 Å². The van der Waals surface area contributed by atoms with E-state index in [0.717, 1.165) is 25.3 Å². The topological polar surface area (TPSA) is 32.7 Å². The van der Waals surface area contributed by atoms with E-state index in [1.165, 1.54) is 11.3 Å². The predicted molar refractivity (Wildman–Crippen MR) is 78.9 cm³/mol. The van der Waals surface area contributed by atoms with Crippen molar-refractivity contribution in [2.45, 2.75) is 27.2 Å². The third-order valence-corrected chi connectivity index (χ3v) is 4.35. The number of ether oxygens (including phenoxy) is 1. The van der Waals surface area contributed by atoms with Crippen molar-refractivity contribution < 1.29 is 9.84 Å². The van der Waals surface area contributed by atoms with Gasteiger partial charge in [0.25, 0.3) is 0 Å². The van der Waals surface area contributed by atoms with Gasteiger partial charge in [-0.3, -0.25) is 0 Å². The first-order valence-electron chi connectivity index (χ1n) is 6.98. The van der Waals surface area contributed by atoms with Crippen molar-refractivity contribution >= 4 is 5.69 Å². The lowest BCUT2D eigenvalue weighted by Gasteiger charge is -2.45. The molecule has 3 heteroatoms. The second-order valence-electron chi connectivity index (χ2n) is 6.25. The molecule has 1 unspecified atom stereocenters. The maximum atomic E-state index is 9.49. The van der Waals surface area contributed by atoms with Crippen molar-refractivity contribution in [3.8, 4) is 5.75 Å². The van der Waals surface area contributed by atoms with Crippen LogP contribution in [-0.2, 0) is 0 Å². The maximum absolute atomic E-state index is 9.49. The van der Waals surface area contributed by atoms with Crippen molar-refractivity contribution in [3.05, 3.63) is 23.8 Å². The van der Waals surface area contributed by atoms with Crippen LogP contribution < -0.4 is 9.64 Å². The van der Waals surface area contributed by atoms with Gasteiger partial charge in [0.1, 0.15) is 5.75 Å². The molecule has 1 atom stereocenters. The number of methoxy groups -OCH3 is 1. The van der Waals surface area contributed by atoms with E-state index in [1.54, 1.807) is 7.11 Å². The zero-order valence-electron chi connectivity index (χ0n) is 12.4. The molecule has 0 aliphatic carbocycles. The number of hydrogen-bond donors (Lipinski definition) is 1. The summed E-state index contributed by atoms with van der Waals surface area (Å²) in [6.45, 7) is 8.80. The summed E-state index contributed by atoms with van der Waals surface area (Å²) in [5, 5.41) is 9.49. The fourth-order valence-corrected chi connectivity index (χ4v) is 2.99. The summed E-state index contributed by atoms with van der Waals surface area (Å²) in [4.78, 5) is 2.39. The molecule has 0 saturated carbocycles. The lowest BCUT2D eigenvalue weighted by Crippen LogP contribution is -2.47. The van der Waals surface area contributed by atoms with E-state index in [4.69, 9.17) is 4.74 Å². The number of piperidine rings is 1. The zero-order valence-corrected chi connectivity index (χ0v) is 12.4. The van der Waals surface area contributed by atoms with E-state index in [0.29, 0.717) is 5.92 Å². The van der Waals surface area contributed by atoms with Gasteiger partial charge in [0.2, 0.25) is 0 Å². The van der Waals surface area contributed by atoms with Crippen LogP contribution in [0.25, 0.3) is 0 Å². The first kappa shape index (κ1) is 14.2. The number of rotatable bonds is 3. The molecular weight excluding hydrogens is 238 g/mol. The SMILES string of the molecule is COc1ccc(C)cc1N1CCC(CO)C(C)(C)C1. The summed E-state index contributed by atoms with van der Waals surface area (Å²) in [7, 11) is 1.72. The van der Waals surface area contributed by atoms with Crippen molar-refractivity contribution in [2.75, 3.05) is 31.7 Å². The van der Waals surface area contributed by atoms with Gasteiger partial charge >= 0.3 is 0 Å². The second kappa shape index (κ2) is 5.41. The summed E-state index contributed by atoms with van der Waals surface area (Å²) < 4.78 is 5.48. The normalized spacial score (nSPS) is 22.4. The molecule has 1 aromatic carbocycles.